The fourth-order valence-electron chi connectivity index (χ4n) is 1.78. The lowest BCUT2D eigenvalue weighted by atomic mass is 10.1. The quantitative estimate of drug-likeness (QED) is 0.904. The van der Waals surface area contributed by atoms with Crippen LogP contribution < -0.4 is 5.73 Å². The normalized spacial score (nSPS) is 11.8. The number of rotatable bonds is 5. The molecule has 0 unspecified atom stereocenters. The third kappa shape index (κ3) is 5.16. The molecule has 1 aromatic rings. The lowest BCUT2D eigenvalue weighted by Gasteiger charge is -2.25. The predicted octanol–water partition coefficient (Wildman–Crippen LogP) is 2.20. The molecule has 0 aliphatic rings. The van der Waals surface area contributed by atoms with Crippen LogP contribution in [0, 0.1) is 5.92 Å². The molecule has 112 valence electrons. The lowest BCUT2D eigenvalue weighted by Crippen LogP contribution is -2.41. The Labute approximate surface area is 115 Å². The highest BCUT2D eigenvalue weighted by molar-refractivity contribution is 5.94. The molecule has 20 heavy (non-hydrogen) atoms. The van der Waals surface area contributed by atoms with Crippen molar-refractivity contribution < 1.29 is 18.0 Å². The van der Waals surface area contributed by atoms with E-state index in [4.69, 9.17) is 5.73 Å². The van der Waals surface area contributed by atoms with E-state index in [1.165, 1.54) is 18.3 Å². The number of carbonyl (C=O) groups excluding carboxylic acids is 1. The number of alkyl halides is 3. The minimum atomic E-state index is -4.42. The topological polar surface area (TPSA) is 59.2 Å². The summed E-state index contributed by atoms with van der Waals surface area (Å²) in [5, 5.41) is 0. The van der Waals surface area contributed by atoms with E-state index < -0.39 is 18.6 Å². The molecule has 0 saturated carbocycles. The van der Waals surface area contributed by atoms with Crippen LogP contribution in [-0.4, -0.2) is 35.1 Å². The van der Waals surface area contributed by atoms with Crippen LogP contribution >= 0.6 is 0 Å². The van der Waals surface area contributed by atoms with Gasteiger partial charge in [0.2, 0.25) is 0 Å². The van der Waals surface area contributed by atoms with Crippen LogP contribution in [0.25, 0.3) is 0 Å². The number of pyridine rings is 1. The van der Waals surface area contributed by atoms with E-state index in [1.54, 1.807) is 13.8 Å². The van der Waals surface area contributed by atoms with Crippen LogP contribution in [-0.2, 0) is 6.54 Å². The van der Waals surface area contributed by atoms with Crippen molar-refractivity contribution in [3.05, 3.63) is 29.6 Å². The highest BCUT2D eigenvalue weighted by atomic mass is 19.4. The molecular formula is C13H18F3N3O. The number of aromatic nitrogens is 1. The summed E-state index contributed by atoms with van der Waals surface area (Å²) in [6, 6.07) is 2.82. The maximum absolute atomic E-state index is 12.6. The van der Waals surface area contributed by atoms with Gasteiger partial charge in [-0.1, -0.05) is 13.8 Å². The largest absolute Gasteiger partial charge is 0.406 e. The Balaban J connectivity index is 2.96. The molecule has 4 nitrogen and oxygen atoms in total. The molecule has 0 aliphatic carbocycles. The van der Waals surface area contributed by atoms with E-state index >= 15 is 0 Å². The van der Waals surface area contributed by atoms with Gasteiger partial charge in [0, 0.05) is 24.8 Å². The zero-order valence-corrected chi connectivity index (χ0v) is 11.4. The van der Waals surface area contributed by atoms with Crippen molar-refractivity contribution in [1.82, 2.24) is 9.88 Å². The van der Waals surface area contributed by atoms with Gasteiger partial charge in [-0.05, 0) is 18.1 Å². The third-order valence-electron chi connectivity index (χ3n) is 2.52. The Hall–Kier alpha value is -1.63. The number of hydrogen-bond donors (Lipinski definition) is 1. The van der Waals surface area contributed by atoms with Crippen LogP contribution in [0.3, 0.4) is 0 Å². The number of nitrogens with two attached hydrogens (primary N) is 1. The van der Waals surface area contributed by atoms with E-state index in [1.807, 2.05) is 0 Å². The van der Waals surface area contributed by atoms with E-state index in [-0.39, 0.29) is 24.6 Å². The molecule has 0 aliphatic heterocycles. The minimum Gasteiger partial charge on any atom is -0.329 e. The zero-order chi connectivity index (χ0) is 15.3. The van der Waals surface area contributed by atoms with E-state index in [9.17, 15) is 18.0 Å². The van der Waals surface area contributed by atoms with Crippen molar-refractivity contribution in [2.24, 2.45) is 11.7 Å². The van der Waals surface area contributed by atoms with Crippen LogP contribution in [0.5, 0.6) is 0 Å². The number of carbonyl (C=O) groups is 1. The second kappa shape index (κ2) is 6.69. The molecule has 1 rings (SSSR count). The van der Waals surface area contributed by atoms with Crippen molar-refractivity contribution in [3.8, 4) is 0 Å². The summed E-state index contributed by atoms with van der Waals surface area (Å²) in [6.07, 6.45) is -3.05. The van der Waals surface area contributed by atoms with Crippen molar-refractivity contribution in [3.63, 3.8) is 0 Å². The average Bonchev–Trinajstić information content (AvgIpc) is 2.35. The highest BCUT2D eigenvalue weighted by Gasteiger charge is 2.33. The number of halogens is 3. The maximum Gasteiger partial charge on any atom is 0.406 e. The Morgan fingerprint density at radius 1 is 1.45 bits per heavy atom. The summed E-state index contributed by atoms with van der Waals surface area (Å²) in [5.41, 5.74) is 6.05. The van der Waals surface area contributed by atoms with Crippen LogP contribution in [0.15, 0.2) is 18.3 Å². The predicted molar refractivity (Wildman–Crippen MR) is 68.9 cm³/mol. The van der Waals surface area contributed by atoms with Crippen LogP contribution in [0.4, 0.5) is 13.2 Å². The minimum absolute atomic E-state index is 0.0403. The molecule has 0 atom stereocenters. The fraction of sp³-hybridized carbons (Fsp3) is 0.538. The van der Waals surface area contributed by atoms with Gasteiger partial charge < -0.3 is 10.6 Å². The van der Waals surface area contributed by atoms with Gasteiger partial charge in [-0.2, -0.15) is 13.2 Å². The number of nitrogens with zero attached hydrogens (tertiary/aromatic N) is 2. The lowest BCUT2D eigenvalue weighted by molar-refractivity contribution is -0.141. The van der Waals surface area contributed by atoms with Gasteiger partial charge in [0.25, 0.3) is 5.91 Å². The second-order valence-electron chi connectivity index (χ2n) is 4.93. The first-order valence-corrected chi connectivity index (χ1v) is 6.24. The van der Waals surface area contributed by atoms with Gasteiger partial charge in [-0.25, -0.2) is 0 Å². The summed E-state index contributed by atoms with van der Waals surface area (Å²) in [4.78, 5) is 16.9. The van der Waals surface area contributed by atoms with Crippen LogP contribution in [0.2, 0.25) is 0 Å². The number of amides is 1. The monoisotopic (exact) mass is 289 g/mol. The molecular weight excluding hydrogens is 271 g/mol. The summed E-state index contributed by atoms with van der Waals surface area (Å²) >= 11 is 0. The van der Waals surface area contributed by atoms with Gasteiger partial charge in [0.05, 0.1) is 5.69 Å². The average molecular weight is 289 g/mol. The van der Waals surface area contributed by atoms with Gasteiger partial charge in [-0.15, -0.1) is 0 Å². The molecule has 1 aromatic heterocycles. The van der Waals surface area contributed by atoms with Crippen molar-refractivity contribution in [2.75, 3.05) is 13.1 Å². The van der Waals surface area contributed by atoms with Crippen molar-refractivity contribution in [1.29, 1.82) is 0 Å². The van der Waals surface area contributed by atoms with Gasteiger partial charge in [-0.3, -0.25) is 9.78 Å². The number of hydrogen-bond acceptors (Lipinski definition) is 3. The molecule has 0 aromatic carbocycles. The molecule has 0 bridgehead atoms. The van der Waals surface area contributed by atoms with E-state index in [0.29, 0.717) is 5.69 Å². The summed E-state index contributed by atoms with van der Waals surface area (Å²) in [6.45, 7) is 2.43. The molecule has 0 radical (unpaired) electrons. The molecule has 7 heteroatoms. The zero-order valence-electron chi connectivity index (χ0n) is 11.4. The molecule has 1 amide bonds. The Morgan fingerprint density at radius 2 is 2.10 bits per heavy atom. The molecule has 0 fully saturated rings. The summed E-state index contributed by atoms with van der Waals surface area (Å²) in [7, 11) is 0. The Bertz CT molecular complexity index is 460. The molecule has 0 saturated heterocycles. The van der Waals surface area contributed by atoms with Crippen molar-refractivity contribution in [2.45, 2.75) is 26.6 Å². The Morgan fingerprint density at radius 3 is 2.60 bits per heavy atom. The summed E-state index contributed by atoms with van der Waals surface area (Å²) in [5.74, 6) is -0.717. The van der Waals surface area contributed by atoms with Gasteiger partial charge in [0.15, 0.2) is 0 Å². The standard InChI is InChI=1S/C13H18F3N3O/c1-9(2)7-19(8-13(14,15)16)12(20)10-3-4-18-11(5-10)6-17/h3-5,9H,6-8,17H2,1-2H3. The highest BCUT2D eigenvalue weighted by Crippen LogP contribution is 2.19. The van der Waals surface area contributed by atoms with Crippen LogP contribution in [0.1, 0.15) is 29.9 Å². The molecule has 2 N–H and O–H groups in total. The first-order valence-electron chi connectivity index (χ1n) is 6.24. The van der Waals surface area contributed by atoms with Crippen molar-refractivity contribution >= 4 is 5.91 Å². The maximum atomic E-state index is 12.6. The summed E-state index contributed by atoms with van der Waals surface area (Å²) < 4.78 is 37.7. The fourth-order valence-corrected chi connectivity index (χ4v) is 1.78. The van der Waals surface area contributed by atoms with Gasteiger partial charge >= 0.3 is 6.18 Å². The second-order valence-corrected chi connectivity index (χ2v) is 4.93. The molecule has 0 spiro atoms. The first kappa shape index (κ1) is 16.4. The van der Waals surface area contributed by atoms with Gasteiger partial charge in [0.1, 0.15) is 6.54 Å². The smallest absolute Gasteiger partial charge is 0.329 e. The Kier molecular flexibility index (Phi) is 5.50. The SMILES string of the molecule is CC(C)CN(CC(F)(F)F)C(=O)c1ccnc(CN)c1. The van der Waals surface area contributed by atoms with E-state index in [2.05, 4.69) is 4.98 Å². The van der Waals surface area contributed by atoms with E-state index in [0.717, 1.165) is 4.90 Å². The third-order valence-corrected chi connectivity index (χ3v) is 2.52. The first-order chi connectivity index (χ1) is 9.23. The molecule has 1 heterocycles.